The van der Waals surface area contributed by atoms with E-state index < -0.39 is 20.8 Å². The molecule has 0 aliphatic rings. The number of phenols is 1. The molecular weight excluding hydrogens is 264 g/mol. The Balaban J connectivity index is 2.80. The molecule has 0 bridgehead atoms. The van der Waals surface area contributed by atoms with E-state index in [9.17, 15) is 18.1 Å². The molecule has 2 aromatic rings. The van der Waals surface area contributed by atoms with E-state index in [0.29, 0.717) is 11.1 Å². The second kappa shape index (κ2) is 5.03. The lowest BCUT2D eigenvalue weighted by molar-refractivity contribution is 0.444. The molecule has 0 radical (unpaired) electrons. The molecular formula is C14H14O4S. The maximum absolute atomic E-state index is 11.4. The van der Waals surface area contributed by atoms with E-state index in [0.717, 1.165) is 12.0 Å². The summed E-state index contributed by atoms with van der Waals surface area (Å²) in [7, 11) is -4.49. The first-order chi connectivity index (χ1) is 8.95. The summed E-state index contributed by atoms with van der Waals surface area (Å²) in [6, 6.07) is 11.6. The molecule has 5 heteroatoms. The van der Waals surface area contributed by atoms with Crippen LogP contribution in [0.25, 0.3) is 11.1 Å². The van der Waals surface area contributed by atoms with Gasteiger partial charge in [-0.05, 0) is 23.6 Å². The van der Waals surface area contributed by atoms with Gasteiger partial charge < -0.3 is 5.11 Å². The molecule has 0 heterocycles. The molecule has 0 aromatic heterocycles. The molecule has 0 saturated carbocycles. The molecule has 0 amide bonds. The molecule has 0 saturated heterocycles. The van der Waals surface area contributed by atoms with Crippen molar-refractivity contribution in [2.24, 2.45) is 0 Å². The molecule has 2 N–H and O–H groups in total. The first kappa shape index (κ1) is 13.6. The highest BCUT2D eigenvalue weighted by Gasteiger charge is 2.22. The van der Waals surface area contributed by atoms with Gasteiger partial charge in [-0.3, -0.25) is 4.55 Å². The van der Waals surface area contributed by atoms with Crippen molar-refractivity contribution in [2.45, 2.75) is 18.2 Å². The lowest BCUT2D eigenvalue weighted by Gasteiger charge is -2.12. The van der Waals surface area contributed by atoms with Gasteiger partial charge in [0.05, 0.1) is 0 Å². The fraction of sp³-hybridized carbons (Fsp3) is 0.143. The summed E-state index contributed by atoms with van der Waals surface area (Å²) in [6.45, 7) is 1.95. The number of hydrogen-bond acceptors (Lipinski definition) is 3. The zero-order valence-electron chi connectivity index (χ0n) is 10.4. The molecule has 0 fully saturated rings. The minimum Gasteiger partial charge on any atom is -0.506 e. The topological polar surface area (TPSA) is 74.6 Å². The summed E-state index contributed by atoms with van der Waals surface area (Å²) in [5, 5.41) is 9.71. The Morgan fingerprint density at radius 2 is 1.63 bits per heavy atom. The molecule has 2 aromatic carbocycles. The minimum atomic E-state index is -4.49. The Morgan fingerprint density at radius 1 is 1.00 bits per heavy atom. The number of aryl methyl sites for hydroxylation is 1. The van der Waals surface area contributed by atoms with Gasteiger partial charge in [0.15, 0.2) is 0 Å². The van der Waals surface area contributed by atoms with Crippen molar-refractivity contribution in [1.82, 2.24) is 0 Å². The molecule has 0 unspecified atom stereocenters. The maximum Gasteiger partial charge on any atom is 0.298 e. The summed E-state index contributed by atoms with van der Waals surface area (Å²) in [5.74, 6) is -0.453. The van der Waals surface area contributed by atoms with Crippen molar-refractivity contribution in [1.29, 1.82) is 0 Å². The van der Waals surface area contributed by atoms with E-state index in [1.807, 2.05) is 19.1 Å². The number of hydrogen-bond donors (Lipinski definition) is 2. The van der Waals surface area contributed by atoms with Crippen LogP contribution in [0.5, 0.6) is 5.75 Å². The van der Waals surface area contributed by atoms with Crippen LogP contribution in [0.4, 0.5) is 0 Å². The van der Waals surface area contributed by atoms with E-state index in [1.165, 1.54) is 6.07 Å². The Bertz CT molecular complexity index is 705. The van der Waals surface area contributed by atoms with Gasteiger partial charge in [0.1, 0.15) is 10.6 Å². The lowest BCUT2D eigenvalue weighted by atomic mass is 9.98. The second-order valence-corrected chi connectivity index (χ2v) is 5.50. The van der Waals surface area contributed by atoms with Gasteiger partial charge in [0.25, 0.3) is 10.1 Å². The highest BCUT2D eigenvalue weighted by atomic mass is 32.2. The molecule has 0 atom stereocenters. The Labute approximate surface area is 112 Å². The normalized spacial score (nSPS) is 11.5. The Hall–Kier alpha value is -1.85. The third-order valence-electron chi connectivity index (χ3n) is 2.94. The first-order valence-electron chi connectivity index (χ1n) is 5.83. The molecule has 0 spiro atoms. The maximum atomic E-state index is 11.4. The van der Waals surface area contributed by atoms with Gasteiger partial charge in [-0.15, -0.1) is 0 Å². The van der Waals surface area contributed by atoms with E-state index in [2.05, 4.69) is 0 Å². The van der Waals surface area contributed by atoms with E-state index in [-0.39, 0.29) is 0 Å². The minimum absolute atomic E-state index is 0.306. The van der Waals surface area contributed by atoms with E-state index in [4.69, 9.17) is 0 Å². The lowest BCUT2D eigenvalue weighted by Crippen LogP contribution is -2.02. The monoisotopic (exact) mass is 278 g/mol. The van der Waals surface area contributed by atoms with Crippen LogP contribution in [-0.4, -0.2) is 18.1 Å². The van der Waals surface area contributed by atoms with Gasteiger partial charge in [-0.1, -0.05) is 43.3 Å². The molecule has 19 heavy (non-hydrogen) atoms. The molecule has 100 valence electrons. The average Bonchev–Trinajstić information content (AvgIpc) is 2.37. The zero-order chi connectivity index (χ0) is 14.0. The quantitative estimate of drug-likeness (QED) is 0.847. The summed E-state index contributed by atoms with van der Waals surface area (Å²) < 4.78 is 32.2. The van der Waals surface area contributed by atoms with Gasteiger partial charge in [0, 0.05) is 5.56 Å². The SMILES string of the molecule is CCc1ccccc1-c1cccc(O)c1S(=O)(=O)O. The first-order valence-corrected chi connectivity index (χ1v) is 7.27. The standard InChI is InChI=1S/C14H14O4S/c1-2-10-6-3-4-7-11(10)12-8-5-9-13(15)14(12)19(16,17)18/h3-9,15H,2H2,1H3,(H,16,17,18). The fourth-order valence-corrected chi connectivity index (χ4v) is 2.89. The number of aromatic hydroxyl groups is 1. The molecule has 0 aliphatic heterocycles. The van der Waals surface area contributed by atoms with Gasteiger partial charge in [-0.2, -0.15) is 8.42 Å². The van der Waals surface area contributed by atoms with Crippen molar-refractivity contribution in [3.8, 4) is 16.9 Å². The van der Waals surface area contributed by atoms with Crippen LogP contribution < -0.4 is 0 Å². The fourth-order valence-electron chi connectivity index (χ4n) is 2.10. The zero-order valence-corrected chi connectivity index (χ0v) is 11.2. The van der Waals surface area contributed by atoms with Crippen molar-refractivity contribution in [2.75, 3.05) is 0 Å². The predicted octanol–water partition coefficient (Wildman–Crippen LogP) is 2.87. The summed E-state index contributed by atoms with van der Waals surface area (Å²) in [6.07, 6.45) is 0.719. The highest BCUT2D eigenvalue weighted by Crippen LogP contribution is 2.35. The summed E-state index contributed by atoms with van der Waals surface area (Å²) in [4.78, 5) is -0.448. The van der Waals surface area contributed by atoms with Gasteiger partial charge in [-0.25, -0.2) is 0 Å². The number of phenolic OH excluding ortho intramolecular Hbond substituents is 1. The third-order valence-corrected chi connectivity index (χ3v) is 3.89. The molecule has 0 aliphatic carbocycles. The van der Waals surface area contributed by atoms with Crippen molar-refractivity contribution in [3.63, 3.8) is 0 Å². The summed E-state index contributed by atoms with van der Waals surface area (Å²) >= 11 is 0. The van der Waals surface area contributed by atoms with E-state index in [1.54, 1.807) is 24.3 Å². The Morgan fingerprint density at radius 3 is 2.26 bits per heavy atom. The number of benzene rings is 2. The predicted molar refractivity (Wildman–Crippen MR) is 72.7 cm³/mol. The van der Waals surface area contributed by atoms with Crippen LogP contribution in [0.3, 0.4) is 0 Å². The second-order valence-electron chi connectivity index (χ2n) is 4.14. The highest BCUT2D eigenvalue weighted by molar-refractivity contribution is 7.86. The van der Waals surface area contributed by atoms with Gasteiger partial charge in [0.2, 0.25) is 0 Å². The van der Waals surface area contributed by atoms with Crippen LogP contribution in [0.15, 0.2) is 47.4 Å². The van der Waals surface area contributed by atoms with Crippen molar-refractivity contribution >= 4 is 10.1 Å². The van der Waals surface area contributed by atoms with Crippen LogP contribution in [0.2, 0.25) is 0 Å². The van der Waals surface area contributed by atoms with Crippen LogP contribution in [0.1, 0.15) is 12.5 Å². The average molecular weight is 278 g/mol. The molecule has 4 nitrogen and oxygen atoms in total. The third kappa shape index (κ3) is 2.62. The number of rotatable bonds is 3. The smallest absolute Gasteiger partial charge is 0.298 e. The van der Waals surface area contributed by atoms with Crippen LogP contribution in [0, 0.1) is 0 Å². The van der Waals surface area contributed by atoms with Gasteiger partial charge >= 0.3 is 0 Å². The summed E-state index contributed by atoms with van der Waals surface area (Å²) in [5.41, 5.74) is 1.94. The Kier molecular flexibility index (Phi) is 3.59. The van der Waals surface area contributed by atoms with Crippen molar-refractivity contribution in [3.05, 3.63) is 48.0 Å². The molecule has 2 rings (SSSR count). The largest absolute Gasteiger partial charge is 0.506 e. The van der Waals surface area contributed by atoms with Crippen LogP contribution in [-0.2, 0) is 16.5 Å². The van der Waals surface area contributed by atoms with E-state index >= 15 is 0 Å². The van der Waals surface area contributed by atoms with Crippen molar-refractivity contribution < 1.29 is 18.1 Å². The van der Waals surface area contributed by atoms with Crippen LogP contribution >= 0.6 is 0 Å².